The van der Waals surface area contributed by atoms with Gasteiger partial charge in [0.25, 0.3) is 0 Å². The fraction of sp³-hybridized carbons (Fsp3) is 0.583. The van der Waals surface area contributed by atoms with Gasteiger partial charge in [-0.2, -0.15) is 0 Å². The molecule has 15 heavy (non-hydrogen) atoms. The molecule has 0 bridgehead atoms. The minimum absolute atomic E-state index is 0.502. The Kier molecular flexibility index (Phi) is 3.09. The van der Waals surface area contributed by atoms with E-state index in [0.29, 0.717) is 6.04 Å². The second-order valence-electron chi connectivity index (χ2n) is 4.45. The van der Waals surface area contributed by atoms with Gasteiger partial charge in [-0.15, -0.1) is 0 Å². The summed E-state index contributed by atoms with van der Waals surface area (Å²) < 4.78 is 0. The Hall–Kier alpha value is -1.25. The van der Waals surface area contributed by atoms with E-state index in [4.69, 9.17) is 5.73 Å². The number of hydrogen-bond acceptors (Lipinski definition) is 3. The molecule has 0 spiro atoms. The summed E-state index contributed by atoms with van der Waals surface area (Å²) in [5, 5.41) is 3.43. The molecular formula is C12H19N3. The van der Waals surface area contributed by atoms with Gasteiger partial charge in [-0.3, -0.25) is 0 Å². The number of aromatic nitrogens is 1. The molecule has 0 amide bonds. The predicted molar refractivity (Wildman–Crippen MR) is 63.7 cm³/mol. The smallest absolute Gasteiger partial charge is 0.128 e. The molecule has 1 atom stereocenters. The summed E-state index contributed by atoms with van der Waals surface area (Å²) in [5.41, 5.74) is 6.48. The van der Waals surface area contributed by atoms with E-state index in [9.17, 15) is 0 Å². The van der Waals surface area contributed by atoms with Crippen LogP contribution < -0.4 is 11.1 Å². The molecule has 0 radical (unpaired) electrons. The zero-order chi connectivity index (χ0) is 10.7. The summed E-state index contributed by atoms with van der Waals surface area (Å²) in [4.78, 5) is 4.26. The molecule has 1 aromatic heterocycles. The SMILES string of the molecule is CC(Nc1cc(N)ccn1)C1CCCC1. The van der Waals surface area contributed by atoms with Crippen molar-refractivity contribution in [2.45, 2.75) is 38.6 Å². The van der Waals surface area contributed by atoms with E-state index in [-0.39, 0.29) is 0 Å². The van der Waals surface area contributed by atoms with Crippen molar-refractivity contribution in [3.05, 3.63) is 18.3 Å². The number of nitrogens with one attached hydrogen (secondary N) is 1. The van der Waals surface area contributed by atoms with E-state index in [0.717, 1.165) is 17.4 Å². The largest absolute Gasteiger partial charge is 0.399 e. The van der Waals surface area contributed by atoms with Gasteiger partial charge in [0.1, 0.15) is 5.82 Å². The fourth-order valence-electron chi connectivity index (χ4n) is 2.33. The number of nitrogen functional groups attached to an aromatic ring is 1. The van der Waals surface area contributed by atoms with Gasteiger partial charge in [-0.05, 0) is 31.7 Å². The van der Waals surface area contributed by atoms with Gasteiger partial charge in [-0.1, -0.05) is 12.8 Å². The molecule has 1 unspecified atom stereocenters. The molecule has 1 aliphatic rings. The highest BCUT2D eigenvalue weighted by molar-refractivity contribution is 5.48. The average Bonchev–Trinajstić information content (AvgIpc) is 2.70. The summed E-state index contributed by atoms with van der Waals surface area (Å²) in [6.45, 7) is 2.24. The maximum Gasteiger partial charge on any atom is 0.128 e. The summed E-state index contributed by atoms with van der Waals surface area (Å²) in [7, 11) is 0. The molecule has 0 saturated heterocycles. The lowest BCUT2D eigenvalue weighted by Crippen LogP contribution is -2.24. The van der Waals surface area contributed by atoms with Gasteiger partial charge < -0.3 is 11.1 Å². The second kappa shape index (κ2) is 4.51. The topological polar surface area (TPSA) is 50.9 Å². The first-order chi connectivity index (χ1) is 7.25. The molecule has 1 heterocycles. The van der Waals surface area contributed by atoms with Crippen LogP contribution in [0.5, 0.6) is 0 Å². The van der Waals surface area contributed by atoms with Crippen molar-refractivity contribution in [2.24, 2.45) is 5.92 Å². The quantitative estimate of drug-likeness (QED) is 0.797. The van der Waals surface area contributed by atoms with Crippen molar-refractivity contribution in [3.63, 3.8) is 0 Å². The lowest BCUT2D eigenvalue weighted by molar-refractivity contribution is 0.481. The highest BCUT2D eigenvalue weighted by atomic mass is 15.0. The van der Waals surface area contributed by atoms with E-state index in [2.05, 4.69) is 17.2 Å². The van der Waals surface area contributed by atoms with E-state index in [1.165, 1.54) is 25.7 Å². The van der Waals surface area contributed by atoms with Gasteiger partial charge in [0.2, 0.25) is 0 Å². The zero-order valence-electron chi connectivity index (χ0n) is 9.24. The first-order valence-electron chi connectivity index (χ1n) is 5.74. The van der Waals surface area contributed by atoms with Gasteiger partial charge in [0.15, 0.2) is 0 Å². The Labute approximate surface area is 91.1 Å². The molecule has 1 aliphatic carbocycles. The predicted octanol–water partition coefficient (Wildman–Crippen LogP) is 2.65. The lowest BCUT2D eigenvalue weighted by Gasteiger charge is -2.20. The third-order valence-corrected chi connectivity index (χ3v) is 3.27. The van der Waals surface area contributed by atoms with E-state index < -0.39 is 0 Å². The standard InChI is InChI=1S/C12H19N3/c1-9(10-4-2-3-5-10)15-12-8-11(13)6-7-14-12/h6-10H,2-5H2,1H3,(H3,13,14,15). The third-order valence-electron chi connectivity index (χ3n) is 3.27. The lowest BCUT2D eigenvalue weighted by atomic mass is 10.00. The fourth-order valence-corrected chi connectivity index (χ4v) is 2.33. The zero-order valence-corrected chi connectivity index (χ0v) is 9.24. The molecule has 3 N–H and O–H groups in total. The van der Waals surface area contributed by atoms with Crippen LogP contribution in [0, 0.1) is 5.92 Å². The number of hydrogen-bond donors (Lipinski definition) is 2. The summed E-state index contributed by atoms with van der Waals surface area (Å²) >= 11 is 0. The Morgan fingerprint density at radius 3 is 2.87 bits per heavy atom. The van der Waals surface area contributed by atoms with Crippen molar-refractivity contribution in [2.75, 3.05) is 11.1 Å². The van der Waals surface area contributed by atoms with Gasteiger partial charge >= 0.3 is 0 Å². The Morgan fingerprint density at radius 1 is 1.47 bits per heavy atom. The van der Waals surface area contributed by atoms with Crippen LogP contribution in [-0.2, 0) is 0 Å². The highest BCUT2D eigenvalue weighted by Gasteiger charge is 2.21. The van der Waals surface area contributed by atoms with Crippen LogP contribution in [0.1, 0.15) is 32.6 Å². The van der Waals surface area contributed by atoms with Gasteiger partial charge in [-0.25, -0.2) is 4.98 Å². The molecule has 3 heteroatoms. The van der Waals surface area contributed by atoms with E-state index >= 15 is 0 Å². The van der Waals surface area contributed by atoms with Gasteiger partial charge in [0, 0.05) is 24.0 Å². The summed E-state index contributed by atoms with van der Waals surface area (Å²) in [6.07, 6.45) is 7.19. The van der Waals surface area contributed by atoms with E-state index in [1.54, 1.807) is 6.20 Å². The molecule has 0 aliphatic heterocycles. The van der Waals surface area contributed by atoms with Crippen LogP contribution in [0.15, 0.2) is 18.3 Å². The Bertz CT molecular complexity index is 318. The number of rotatable bonds is 3. The number of nitrogens with two attached hydrogens (primary N) is 1. The number of anilines is 2. The maximum absolute atomic E-state index is 5.71. The van der Waals surface area contributed by atoms with Crippen molar-refractivity contribution in [1.29, 1.82) is 0 Å². The van der Waals surface area contributed by atoms with E-state index in [1.807, 2.05) is 12.1 Å². The minimum Gasteiger partial charge on any atom is -0.399 e. The third kappa shape index (κ3) is 2.61. The Balaban J connectivity index is 1.95. The van der Waals surface area contributed by atoms with Crippen LogP contribution in [0.25, 0.3) is 0 Å². The summed E-state index contributed by atoms with van der Waals surface area (Å²) in [5.74, 6) is 1.70. The first kappa shape index (κ1) is 10.3. The highest BCUT2D eigenvalue weighted by Crippen LogP contribution is 2.28. The molecule has 1 aromatic rings. The molecule has 1 fully saturated rings. The number of pyridine rings is 1. The second-order valence-corrected chi connectivity index (χ2v) is 4.45. The van der Waals surface area contributed by atoms with Crippen molar-refractivity contribution in [3.8, 4) is 0 Å². The van der Waals surface area contributed by atoms with Crippen molar-refractivity contribution in [1.82, 2.24) is 4.98 Å². The maximum atomic E-state index is 5.71. The van der Waals surface area contributed by atoms with Crippen molar-refractivity contribution < 1.29 is 0 Å². The van der Waals surface area contributed by atoms with Crippen molar-refractivity contribution >= 4 is 11.5 Å². The average molecular weight is 205 g/mol. The molecule has 2 rings (SSSR count). The van der Waals surface area contributed by atoms with Gasteiger partial charge in [0.05, 0.1) is 0 Å². The van der Waals surface area contributed by atoms with Crippen LogP contribution >= 0.6 is 0 Å². The van der Waals surface area contributed by atoms with Crippen LogP contribution in [0.3, 0.4) is 0 Å². The molecule has 3 nitrogen and oxygen atoms in total. The monoisotopic (exact) mass is 205 g/mol. The van der Waals surface area contributed by atoms with Crippen LogP contribution in [0.2, 0.25) is 0 Å². The molecule has 0 aromatic carbocycles. The number of nitrogens with zero attached hydrogens (tertiary/aromatic N) is 1. The Morgan fingerprint density at radius 2 is 2.20 bits per heavy atom. The minimum atomic E-state index is 0.502. The normalized spacial score (nSPS) is 19.0. The van der Waals surface area contributed by atoms with Crippen LogP contribution in [0.4, 0.5) is 11.5 Å². The molecule has 1 saturated carbocycles. The molecular weight excluding hydrogens is 186 g/mol. The molecule has 82 valence electrons. The first-order valence-corrected chi connectivity index (χ1v) is 5.74. The van der Waals surface area contributed by atoms with Crippen LogP contribution in [-0.4, -0.2) is 11.0 Å². The summed E-state index contributed by atoms with van der Waals surface area (Å²) in [6, 6.07) is 4.21.